The molecule has 1 fully saturated rings. The Balaban J connectivity index is 1.82. The molecule has 1 aromatic rings. The van der Waals surface area contributed by atoms with Gasteiger partial charge in [0.25, 0.3) is 0 Å². The lowest BCUT2D eigenvalue weighted by Gasteiger charge is -2.29. The highest BCUT2D eigenvalue weighted by molar-refractivity contribution is 9.10. The Labute approximate surface area is 131 Å². The molecule has 0 amide bonds. The van der Waals surface area contributed by atoms with Crippen molar-refractivity contribution >= 4 is 15.9 Å². The maximum atomic E-state index is 5.86. The van der Waals surface area contributed by atoms with Gasteiger partial charge in [0.05, 0.1) is 0 Å². The van der Waals surface area contributed by atoms with Crippen LogP contribution in [0, 0.1) is 0 Å². The van der Waals surface area contributed by atoms with Gasteiger partial charge in [-0.3, -0.25) is 4.90 Å². The van der Waals surface area contributed by atoms with Gasteiger partial charge in [-0.25, -0.2) is 0 Å². The number of ether oxygens (including phenoxy) is 1. The van der Waals surface area contributed by atoms with Crippen molar-refractivity contribution in [3.63, 3.8) is 0 Å². The lowest BCUT2D eigenvalue weighted by Crippen LogP contribution is -2.41. The third-order valence-corrected chi connectivity index (χ3v) is 4.43. The van der Waals surface area contributed by atoms with Crippen molar-refractivity contribution in [1.29, 1.82) is 0 Å². The normalized spacial score (nSPS) is 21.6. The third-order valence-electron chi connectivity index (χ3n) is 3.94. The fourth-order valence-corrected chi connectivity index (χ4v) is 3.19. The maximum Gasteiger partial charge on any atom is 0.120 e. The van der Waals surface area contributed by atoms with E-state index in [4.69, 9.17) is 4.74 Å². The zero-order valence-electron chi connectivity index (χ0n) is 12.5. The fourth-order valence-electron chi connectivity index (χ4n) is 2.81. The Bertz CT molecular complexity index is 413. The molecule has 1 aromatic carbocycles. The smallest absolute Gasteiger partial charge is 0.120 e. The highest BCUT2D eigenvalue weighted by Gasteiger charge is 2.21. The molecule has 0 radical (unpaired) electrons. The third kappa shape index (κ3) is 4.76. The van der Waals surface area contributed by atoms with Crippen LogP contribution in [0.15, 0.2) is 28.7 Å². The van der Waals surface area contributed by atoms with E-state index in [9.17, 15) is 0 Å². The lowest BCUT2D eigenvalue weighted by atomic mass is 10.2. The van der Waals surface area contributed by atoms with Crippen LogP contribution < -0.4 is 4.74 Å². The first-order valence-electron chi connectivity index (χ1n) is 7.50. The summed E-state index contributed by atoms with van der Waals surface area (Å²) >= 11 is 3.47. The maximum absolute atomic E-state index is 5.86. The number of likely N-dealkylation sites (N-methyl/N-ethyl adjacent to an activating group) is 1. The van der Waals surface area contributed by atoms with Crippen LogP contribution in [0.25, 0.3) is 0 Å². The number of halogens is 1. The van der Waals surface area contributed by atoms with E-state index >= 15 is 0 Å². The quantitative estimate of drug-likeness (QED) is 0.818. The monoisotopic (exact) mass is 340 g/mol. The Morgan fingerprint density at radius 1 is 1.35 bits per heavy atom. The molecule has 1 atom stereocenters. The summed E-state index contributed by atoms with van der Waals surface area (Å²) in [7, 11) is 2.23. The van der Waals surface area contributed by atoms with Crippen LogP contribution in [-0.2, 0) is 0 Å². The fraction of sp³-hybridized carbons (Fsp3) is 0.625. The van der Waals surface area contributed by atoms with E-state index in [1.807, 2.05) is 24.3 Å². The molecule has 0 aliphatic carbocycles. The topological polar surface area (TPSA) is 15.7 Å². The molecule has 20 heavy (non-hydrogen) atoms. The molecular weight excluding hydrogens is 316 g/mol. The van der Waals surface area contributed by atoms with Crippen molar-refractivity contribution in [2.45, 2.75) is 25.8 Å². The van der Waals surface area contributed by atoms with Crippen LogP contribution in [0.4, 0.5) is 0 Å². The highest BCUT2D eigenvalue weighted by Crippen LogP contribution is 2.18. The molecular formula is C16H25BrN2O. The molecule has 4 heteroatoms. The number of hydrogen-bond donors (Lipinski definition) is 0. The molecule has 1 heterocycles. The molecule has 0 saturated carbocycles. The second kappa shape index (κ2) is 8.01. The van der Waals surface area contributed by atoms with Gasteiger partial charge in [0.1, 0.15) is 12.4 Å². The number of hydrogen-bond acceptors (Lipinski definition) is 3. The highest BCUT2D eigenvalue weighted by atomic mass is 79.9. The van der Waals surface area contributed by atoms with Gasteiger partial charge < -0.3 is 9.64 Å². The molecule has 3 nitrogen and oxygen atoms in total. The zero-order valence-corrected chi connectivity index (χ0v) is 14.1. The van der Waals surface area contributed by atoms with Crippen molar-refractivity contribution in [3.8, 4) is 5.75 Å². The van der Waals surface area contributed by atoms with E-state index in [1.54, 1.807) is 0 Å². The van der Waals surface area contributed by atoms with Gasteiger partial charge in [0.2, 0.25) is 0 Å². The summed E-state index contributed by atoms with van der Waals surface area (Å²) < 4.78 is 6.93. The van der Waals surface area contributed by atoms with Gasteiger partial charge in [0, 0.05) is 23.6 Å². The Hall–Kier alpha value is -0.580. The Morgan fingerprint density at radius 3 is 2.95 bits per heavy atom. The van der Waals surface area contributed by atoms with Gasteiger partial charge in [-0.1, -0.05) is 28.9 Å². The van der Waals surface area contributed by atoms with E-state index in [-0.39, 0.29) is 0 Å². The van der Waals surface area contributed by atoms with Crippen LogP contribution >= 0.6 is 15.9 Å². The second-order valence-corrected chi connectivity index (χ2v) is 6.44. The lowest BCUT2D eigenvalue weighted by molar-refractivity contribution is 0.152. The first-order valence-corrected chi connectivity index (χ1v) is 8.29. The zero-order chi connectivity index (χ0) is 14.4. The van der Waals surface area contributed by atoms with E-state index < -0.39 is 0 Å². The minimum absolute atomic E-state index is 0.661. The first-order chi connectivity index (χ1) is 9.69. The van der Waals surface area contributed by atoms with Gasteiger partial charge in [0.15, 0.2) is 0 Å². The van der Waals surface area contributed by atoms with Crippen LogP contribution in [0.1, 0.15) is 19.8 Å². The summed E-state index contributed by atoms with van der Waals surface area (Å²) in [5.41, 5.74) is 0. The van der Waals surface area contributed by atoms with E-state index in [0.717, 1.165) is 23.4 Å². The molecule has 1 unspecified atom stereocenters. The predicted molar refractivity (Wildman–Crippen MR) is 87.4 cm³/mol. The molecule has 0 aromatic heterocycles. The Morgan fingerprint density at radius 2 is 2.20 bits per heavy atom. The standard InChI is InChI=1S/C16H25BrN2O/c1-3-15-13-18(2)8-5-9-19(15)10-11-20-16-7-4-6-14(17)12-16/h4,6-7,12,15H,3,5,8-11,13H2,1-2H3. The minimum Gasteiger partial charge on any atom is -0.492 e. The second-order valence-electron chi connectivity index (χ2n) is 5.52. The molecule has 0 bridgehead atoms. The van der Waals surface area contributed by atoms with Gasteiger partial charge in [-0.15, -0.1) is 0 Å². The largest absolute Gasteiger partial charge is 0.492 e. The molecule has 112 valence electrons. The van der Waals surface area contributed by atoms with Gasteiger partial charge in [-0.05, 0) is 51.2 Å². The number of nitrogens with zero attached hydrogens (tertiary/aromatic N) is 2. The SMILES string of the molecule is CCC1CN(C)CCCN1CCOc1cccc(Br)c1. The summed E-state index contributed by atoms with van der Waals surface area (Å²) in [4.78, 5) is 5.03. The van der Waals surface area contributed by atoms with Crippen molar-refractivity contribution in [2.24, 2.45) is 0 Å². The average Bonchev–Trinajstić information content (AvgIpc) is 2.60. The molecule has 0 N–H and O–H groups in total. The van der Waals surface area contributed by atoms with Crippen molar-refractivity contribution in [3.05, 3.63) is 28.7 Å². The summed E-state index contributed by atoms with van der Waals surface area (Å²) in [6, 6.07) is 8.72. The van der Waals surface area contributed by atoms with Crippen molar-refractivity contribution < 1.29 is 4.74 Å². The molecule has 2 rings (SSSR count). The van der Waals surface area contributed by atoms with E-state index in [0.29, 0.717) is 6.04 Å². The molecule has 1 aliphatic rings. The summed E-state index contributed by atoms with van der Waals surface area (Å²) in [5.74, 6) is 0.944. The van der Waals surface area contributed by atoms with Gasteiger partial charge >= 0.3 is 0 Å². The summed E-state index contributed by atoms with van der Waals surface area (Å²) in [5, 5.41) is 0. The van der Waals surface area contributed by atoms with Crippen LogP contribution in [0.3, 0.4) is 0 Å². The first kappa shape index (κ1) is 15.8. The predicted octanol–water partition coefficient (Wildman–Crippen LogP) is 3.24. The molecule has 0 spiro atoms. The van der Waals surface area contributed by atoms with Crippen LogP contribution in [0.2, 0.25) is 0 Å². The summed E-state index contributed by atoms with van der Waals surface area (Å²) in [6.45, 7) is 7.62. The molecule has 1 aliphatic heterocycles. The van der Waals surface area contributed by atoms with Crippen LogP contribution in [0.5, 0.6) is 5.75 Å². The van der Waals surface area contributed by atoms with E-state index in [1.165, 1.54) is 32.5 Å². The number of rotatable bonds is 5. The van der Waals surface area contributed by atoms with Crippen molar-refractivity contribution in [1.82, 2.24) is 9.80 Å². The molecule has 1 saturated heterocycles. The Kier molecular flexibility index (Phi) is 6.33. The van der Waals surface area contributed by atoms with Gasteiger partial charge in [-0.2, -0.15) is 0 Å². The summed E-state index contributed by atoms with van der Waals surface area (Å²) in [6.07, 6.45) is 2.46. The van der Waals surface area contributed by atoms with E-state index in [2.05, 4.69) is 39.7 Å². The number of benzene rings is 1. The average molecular weight is 341 g/mol. The van der Waals surface area contributed by atoms with Crippen LogP contribution in [-0.4, -0.2) is 55.7 Å². The van der Waals surface area contributed by atoms with Crippen molar-refractivity contribution in [2.75, 3.05) is 39.8 Å². The minimum atomic E-state index is 0.661.